The fraction of sp³-hybridized carbons (Fsp3) is 0.118. The lowest BCUT2D eigenvalue weighted by Crippen LogP contribution is -2.57. The van der Waals surface area contributed by atoms with Crippen molar-refractivity contribution in [2.24, 2.45) is 0 Å². The van der Waals surface area contributed by atoms with Crippen molar-refractivity contribution < 1.29 is 19.1 Å². The fourth-order valence-electron chi connectivity index (χ4n) is 1.86. The standard InChI is InChI=1S/C17H14Br3N5O4/c18-12-6-7-15(14(19)8-12)29-10-17(27)25(24(20)11-21)23-22-16(26)9-28-13-4-2-1-3-5-13/h1-8,23H,9-10H2,(H,22,26). The Hall–Kier alpha value is -2.33. The van der Waals surface area contributed by atoms with Crippen LogP contribution in [0.3, 0.4) is 0 Å². The highest BCUT2D eigenvalue weighted by atomic mass is 79.9. The van der Waals surface area contributed by atoms with Crippen LogP contribution in [0.5, 0.6) is 11.5 Å². The monoisotopic (exact) mass is 589 g/mol. The SMILES string of the molecule is N#CN(Br)N(NNC(=O)COc1ccccc1)C(=O)COc1ccc(Br)cc1Br. The highest BCUT2D eigenvalue weighted by Crippen LogP contribution is 2.28. The van der Waals surface area contributed by atoms with Gasteiger partial charge in [0.05, 0.1) is 20.6 Å². The molecule has 0 spiro atoms. The van der Waals surface area contributed by atoms with Crippen LogP contribution in [-0.4, -0.2) is 34.2 Å². The van der Waals surface area contributed by atoms with E-state index in [4.69, 9.17) is 14.7 Å². The molecule has 2 amide bonds. The first-order chi connectivity index (χ1) is 13.9. The van der Waals surface area contributed by atoms with Gasteiger partial charge in [0.2, 0.25) is 6.19 Å². The van der Waals surface area contributed by atoms with E-state index in [1.165, 1.54) is 0 Å². The molecule has 0 fully saturated rings. The van der Waals surface area contributed by atoms with Crippen molar-refractivity contribution in [1.82, 2.24) is 20.1 Å². The number of hydrogen-bond acceptors (Lipinski definition) is 7. The number of benzene rings is 2. The summed E-state index contributed by atoms with van der Waals surface area (Å²) in [6, 6.07) is 13.9. The third-order valence-corrected chi connectivity index (χ3v) is 4.74. The molecule has 0 aromatic heterocycles. The number of rotatable bonds is 9. The maximum atomic E-state index is 12.4. The van der Waals surface area contributed by atoms with Crippen molar-refractivity contribution in [3.8, 4) is 17.7 Å². The first kappa shape index (κ1) is 23.0. The molecule has 2 N–H and O–H groups in total. The lowest BCUT2D eigenvalue weighted by Gasteiger charge is -2.25. The summed E-state index contributed by atoms with van der Waals surface area (Å²) in [6.07, 6.45) is 1.68. The van der Waals surface area contributed by atoms with E-state index in [2.05, 4.69) is 59.0 Å². The van der Waals surface area contributed by atoms with E-state index in [1.807, 2.05) is 6.07 Å². The Morgan fingerprint density at radius 1 is 1.07 bits per heavy atom. The van der Waals surface area contributed by atoms with Gasteiger partial charge in [-0.05, 0) is 46.3 Å². The minimum atomic E-state index is -0.664. The second-order valence-electron chi connectivity index (χ2n) is 5.19. The molecule has 0 heterocycles. The topological polar surface area (TPSA) is 107 Å². The first-order valence-corrected chi connectivity index (χ1v) is 10.2. The lowest BCUT2D eigenvalue weighted by molar-refractivity contribution is -0.148. The van der Waals surface area contributed by atoms with Crippen molar-refractivity contribution in [1.29, 1.82) is 5.26 Å². The number of nitrogens with one attached hydrogen (secondary N) is 2. The van der Waals surface area contributed by atoms with Gasteiger partial charge in [0, 0.05) is 4.47 Å². The number of ether oxygens (including phenoxy) is 2. The van der Waals surface area contributed by atoms with Crippen LogP contribution in [0.25, 0.3) is 0 Å². The third kappa shape index (κ3) is 7.54. The summed E-state index contributed by atoms with van der Waals surface area (Å²) >= 11 is 9.53. The van der Waals surface area contributed by atoms with Crippen LogP contribution in [0.4, 0.5) is 0 Å². The molecule has 2 aromatic rings. The van der Waals surface area contributed by atoms with Crippen molar-refractivity contribution in [3.05, 3.63) is 57.5 Å². The van der Waals surface area contributed by atoms with Crippen LogP contribution in [0.2, 0.25) is 0 Å². The van der Waals surface area contributed by atoms with Gasteiger partial charge in [0.25, 0.3) is 11.8 Å². The number of hydrogen-bond donors (Lipinski definition) is 2. The Morgan fingerprint density at radius 2 is 1.79 bits per heavy atom. The highest BCUT2D eigenvalue weighted by molar-refractivity contribution is 9.11. The molecule has 0 unspecified atom stereocenters. The molecule has 152 valence electrons. The van der Waals surface area contributed by atoms with Crippen molar-refractivity contribution in [2.45, 2.75) is 0 Å². The number of carbonyl (C=O) groups excluding carboxylic acids is 2. The maximum absolute atomic E-state index is 12.4. The molecule has 0 aliphatic heterocycles. The van der Waals surface area contributed by atoms with Crippen LogP contribution < -0.4 is 20.4 Å². The first-order valence-electron chi connectivity index (χ1n) is 7.89. The van der Waals surface area contributed by atoms with Gasteiger partial charge in [-0.15, -0.1) is 14.7 Å². The number of para-hydroxylation sites is 1. The van der Waals surface area contributed by atoms with Gasteiger partial charge in [0.15, 0.2) is 13.2 Å². The Balaban J connectivity index is 1.88. The summed E-state index contributed by atoms with van der Waals surface area (Å²) in [4.78, 5) is 24.3. The van der Waals surface area contributed by atoms with Gasteiger partial charge in [-0.25, -0.2) is 0 Å². The summed E-state index contributed by atoms with van der Waals surface area (Å²) in [7, 11) is 0. The molecule has 0 atom stereocenters. The molecule has 9 nitrogen and oxygen atoms in total. The zero-order valence-corrected chi connectivity index (χ0v) is 19.4. The van der Waals surface area contributed by atoms with E-state index >= 15 is 0 Å². The number of amides is 2. The average molecular weight is 592 g/mol. The number of nitriles is 1. The summed E-state index contributed by atoms with van der Waals surface area (Å²) in [5, 5.41) is 9.76. The van der Waals surface area contributed by atoms with Crippen LogP contribution in [0.15, 0.2) is 57.5 Å². The minimum absolute atomic E-state index is 0.295. The number of nitrogens with zero attached hydrogens (tertiary/aromatic N) is 3. The largest absolute Gasteiger partial charge is 0.484 e. The molecule has 29 heavy (non-hydrogen) atoms. The van der Waals surface area contributed by atoms with Gasteiger partial charge < -0.3 is 9.47 Å². The highest BCUT2D eigenvalue weighted by Gasteiger charge is 2.21. The molecule has 12 heteroatoms. The molecule has 2 aromatic carbocycles. The zero-order chi connectivity index (χ0) is 21.2. The van der Waals surface area contributed by atoms with Crippen LogP contribution >= 0.6 is 48.0 Å². The van der Waals surface area contributed by atoms with Crippen molar-refractivity contribution >= 4 is 59.8 Å². The normalized spacial score (nSPS) is 9.86. The van der Waals surface area contributed by atoms with Gasteiger partial charge in [-0.1, -0.05) is 34.1 Å². The molecular weight excluding hydrogens is 578 g/mol. The molecular formula is C17H14Br3N5O4. The van der Waals surface area contributed by atoms with Crippen LogP contribution in [0, 0.1) is 11.5 Å². The Labute approximate surface area is 192 Å². The number of carbonyl (C=O) groups is 2. The Kier molecular flexibility index (Phi) is 9.20. The number of halogens is 3. The van der Waals surface area contributed by atoms with Crippen molar-refractivity contribution in [3.63, 3.8) is 0 Å². The zero-order valence-electron chi connectivity index (χ0n) is 14.6. The lowest BCUT2D eigenvalue weighted by atomic mass is 10.3. The quantitative estimate of drug-likeness (QED) is 0.200. The second kappa shape index (κ2) is 11.6. The summed E-state index contributed by atoms with van der Waals surface area (Å²) in [5.41, 5.74) is 4.59. The van der Waals surface area contributed by atoms with E-state index < -0.39 is 18.4 Å². The molecule has 0 aliphatic rings. The average Bonchev–Trinajstić information content (AvgIpc) is 2.72. The molecule has 0 radical (unpaired) electrons. The van der Waals surface area contributed by atoms with Gasteiger partial charge in [0.1, 0.15) is 11.5 Å². The smallest absolute Gasteiger partial charge is 0.296 e. The summed E-state index contributed by atoms with van der Waals surface area (Å²) < 4.78 is 12.9. The predicted molar refractivity (Wildman–Crippen MR) is 114 cm³/mol. The Bertz CT molecular complexity index is 894. The van der Waals surface area contributed by atoms with E-state index in [0.29, 0.717) is 20.0 Å². The second-order valence-corrected chi connectivity index (χ2v) is 7.63. The molecule has 0 bridgehead atoms. The number of hydrazine groups is 3. The van der Waals surface area contributed by atoms with Crippen molar-refractivity contribution in [2.75, 3.05) is 13.2 Å². The molecule has 0 saturated heterocycles. The van der Waals surface area contributed by atoms with Gasteiger partial charge in [-0.2, -0.15) is 5.26 Å². The van der Waals surface area contributed by atoms with Crippen LogP contribution in [-0.2, 0) is 9.59 Å². The molecule has 2 rings (SSSR count). The van der Waals surface area contributed by atoms with E-state index in [9.17, 15) is 9.59 Å². The van der Waals surface area contributed by atoms with Crippen LogP contribution in [0.1, 0.15) is 0 Å². The van der Waals surface area contributed by atoms with E-state index in [-0.39, 0.29) is 6.61 Å². The third-order valence-electron chi connectivity index (χ3n) is 3.15. The molecule has 0 saturated carbocycles. The predicted octanol–water partition coefficient (Wildman–Crippen LogP) is 3.04. The van der Waals surface area contributed by atoms with E-state index in [1.54, 1.807) is 48.7 Å². The maximum Gasteiger partial charge on any atom is 0.296 e. The summed E-state index contributed by atoms with van der Waals surface area (Å²) in [5.74, 6) is -0.285. The van der Waals surface area contributed by atoms with Gasteiger partial charge >= 0.3 is 0 Å². The van der Waals surface area contributed by atoms with E-state index in [0.717, 1.165) is 9.59 Å². The van der Waals surface area contributed by atoms with Gasteiger partial charge in [-0.3, -0.25) is 15.0 Å². The fourth-order valence-corrected chi connectivity index (χ4v) is 3.28. The Morgan fingerprint density at radius 3 is 2.45 bits per heavy atom. The minimum Gasteiger partial charge on any atom is -0.484 e. The molecule has 0 aliphatic carbocycles. The summed E-state index contributed by atoms with van der Waals surface area (Å²) in [6.45, 7) is -0.705.